The van der Waals surface area contributed by atoms with Crippen molar-refractivity contribution in [2.75, 3.05) is 13.7 Å². The summed E-state index contributed by atoms with van der Waals surface area (Å²) < 4.78 is 4.67. The van der Waals surface area contributed by atoms with Crippen molar-refractivity contribution in [2.45, 2.75) is 70.8 Å². The van der Waals surface area contributed by atoms with Gasteiger partial charge in [-0.2, -0.15) is 0 Å². The molecule has 0 unspecified atom stereocenters. The second-order valence-electron chi connectivity index (χ2n) is 5.31. The number of nitrogens with zero attached hydrogens (tertiary/aromatic N) is 1. The van der Waals surface area contributed by atoms with Gasteiger partial charge in [0.05, 0.1) is 13.5 Å². The molecule has 1 aliphatic rings. The van der Waals surface area contributed by atoms with Gasteiger partial charge in [-0.25, -0.2) is 0 Å². The molecule has 0 atom stereocenters. The van der Waals surface area contributed by atoms with Gasteiger partial charge in [-0.05, 0) is 19.3 Å². The van der Waals surface area contributed by atoms with Gasteiger partial charge in [-0.1, -0.05) is 32.6 Å². The summed E-state index contributed by atoms with van der Waals surface area (Å²) in [6.07, 6.45) is 8.70. The third kappa shape index (κ3) is 5.62. The Labute approximate surface area is 116 Å². The van der Waals surface area contributed by atoms with Gasteiger partial charge >= 0.3 is 5.97 Å². The summed E-state index contributed by atoms with van der Waals surface area (Å²) in [5.74, 6) is -0.0262. The minimum atomic E-state index is -0.232. The number of carbonyl (C=O) groups is 2. The van der Waals surface area contributed by atoms with E-state index in [0.29, 0.717) is 25.4 Å². The first kappa shape index (κ1) is 16.0. The van der Waals surface area contributed by atoms with E-state index >= 15 is 0 Å². The molecule has 0 aromatic rings. The number of unbranched alkanes of at least 4 members (excludes halogenated alkanes) is 1. The van der Waals surface area contributed by atoms with Crippen LogP contribution in [-0.4, -0.2) is 36.5 Å². The highest BCUT2D eigenvalue weighted by atomic mass is 16.5. The zero-order valence-corrected chi connectivity index (χ0v) is 12.3. The molecule has 0 aliphatic heterocycles. The lowest BCUT2D eigenvalue weighted by molar-refractivity contribution is -0.142. The van der Waals surface area contributed by atoms with Crippen LogP contribution in [0.5, 0.6) is 0 Å². The Kier molecular flexibility index (Phi) is 7.53. The van der Waals surface area contributed by atoms with Crippen LogP contribution in [0.15, 0.2) is 0 Å². The van der Waals surface area contributed by atoms with Gasteiger partial charge in [-0.3, -0.25) is 9.59 Å². The lowest BCUT2D eigenvalue weighted by atomic mass is 9.93. The molecule has 0 aromatic heterocycles. The lowest BCUT2D eigenvalue weighted by Crippen LogP contribution is -2.42. The van der Waals surface area contributed by atoms with Gasteiger partial charge in [0, 0.05) is 19.0 Å². The van der Waals surface area contributed by atoms with Crippen molar-refractivity contribution >= 4 is 11.9 Å². The fraction of sp³-hybridized carbons (Fsp3) is 0.867. The highest BCUT2D eigenvalue weighted by molar-refractivity contribution is 5.77. The normalized spacial score (nSPS) is 16.1. The van der Waals surface area contributed by atoms with Crippen LogP contribution in [0.1, 0.15) is 64.7 Å². The average Bonchev–Trinajstić information content (AvgIpc) is 2.46. The number of amides is 1. The molecular weight excluding hydrogens is 242 g/mol. The van der Waals surface area contributed by atoms with Crippen LogP contribution >= 0.6 is 0 Å². The van der Waals surface area contributed by atoms with E-state index in [1.54, 1.807) is 0 Å². The van der Waals surface area contributed by atoms with Crippen LogP contribution in [0, 0.1) is 0 Å². The van der Waals surface area contributed by atoms with E-state index in [1.165, 1.54) is 26.4 Å². The first-order chi connectivity index (χ1) is 9.19. The van der Waals surface area contributed by atoms with Gasteiger partial charge in [-0.15, -0.1) is 0 Å². The molecule has 0 aromatic carbocycles. The Morgan fingerprint density at radius 3 is 2.42 bits per heavy atom. The molecule has 1 fully saturated rings. The zero-order valence-electron chi connectivity index (χ0n) is 12.3. The lowest BCUT2D eigenvalue weighted by Gasteiger charge is -2.34. The Morgan fingerprint density at radius 2 is 1.84 bits per heavy atom. The Balaban J connectivity index is 2.54. The van der Waals surface area contributed by atoms with E-state index in [2.05, 4.69) is 11.7 Å². The average molecular weight is 269 g/mol. The van der Waals surface area contributed by atoms with Crippen molar-refractivity contribution < 1.29 is 14.3 Å². The number of esters is 1. The first-order valence-electron chi connectivity index (χ1n) is 7.55. The summed E-state index contributed by atoms with van der Waals surface area (Å²) in [5, 5.41) is 0. The molecule has 110 valence electrons. The SMILES string of the molecule is CCCCC(=O)N(CCC(=O)OC)C1CCCCC1. The van der Waals surface area contributed by atoms with Gasteiger partial charge in [0.1, 0.15) is 0 Å². The summed E-state index contributed by atoms with van der Waals surface area (Å²) in [5.41, 5.74) is 0. The molecule has 19 heavy (non-hydrogen) atoms. The molecule has 4 heteroatoms. The Morgan fingerprint density at radius 1 is 1.16 bits per heavy atom. The van der Waals surface area contributed by atoms with Crippen LogP contribution in [0.4, 0.5) is 0 Å². The number of rotatable bonds is 7. The highest BCUT2D eigenvalue weighted by Crippen LogP contribution is 2.23. The van der Waals surface area contributed by atoms with E-state index in [1.807, 2.05) is 4.90 Å². The van der Waals surface area contributed by atoms with Crippen LogP contribution in [0.2, 0.25) is 0 Å². The van der Waals surface area contributed by atoms with E-state index in [-0.39, 0.29) is 11.9 Å². The van der Waals surface area contributed by atoms with Crippen LogP contribution in [-0.2, 0) is 14.3 Å². The summed E-state index contributed by atoms with van der Waals surface area (Å²) in [4.78, 5) is 25.5. The van der Waals surface area contributed by atoms with Crippen molar-refractivity contribution in [2.24, 2.45) is 0 Å². The Hall–Kier alpha value is -1.06. The predicted octanol–water partition coefficient (Wildman–Crippen LogP) is 2.90. The molecule has 0 N–H and O–H groups in total. The summed E-state index contributed by atoms with van der Waals surface area (Å²) in [6.45, 7) is 2.60. The smallest absolute Gasteiger partial charge is 0.307 e. The number of ether oxygens (including phenoxy) is 1. The predicted molar refractivity (Wildman–Crippen MR) is 74.7 cm³/mol. The molecule has 1 amide bonds. The molecule has 1 saturated carbocycles. The third-order valence-electron chi connectivity index (χ3n) is 3.86. The maximum absolute atomic E-state index is 12.3. The van der Waals surface area contributed by atoms with Crippen molar-refractivity contribution in [1.82, 2.24) is 4.90 Å². The molecule has 0 bridgehead atoms. The van der Waals surface area contributed by atoms with Crippen LogP contribution < -0.4 is 0 Å². The van der Waals surface area contributed by atoms with E-state index in [9.17, 15) is 9.59 Å². The number of methoxy groups -OCH3 is 1. The second kappa shape index (κ2) is 8.94. The molecule has 4 nitrogen and oxygen atoms in total. The third-order valence-corrected chi connectivity index (χ3v) is 3.86. The highest BCUT2D eigenvalue weighted by Gasteiger charge is 2.25. The van der Waals surface area contributed by atoms with Crippen molar-refractivity contribution in [1.29, 1.82) is 0 Å². The minimum absolute atomic E-state index is 0.206. The molecule has 0 radical (unpaired) electrons. The largest absolute Gasteiger partial charge is 0.469 e. The van der Waals surface area contributed by atoms with Crippen LogP contribution in [0.25, 0.3) is 0 Å². The van der Waals surface area contributed by atoms with E-state index in [0.717, 1.165) is 25.7 Å². The molecule has 0 heterocycles. The summed E-state index contributed by atoms with van der Waals surface area (Å²) in [7, 11) is 1.40. The molecule has 1 rings (SSSR count). The molecule has 1 aliphatic carbocycles. The second-order valence-corrected chi connectivity index (χ2v) is 5.31. The van der Waals surface area contributed by atoms with Gasteiger partial charge in [0.2, 0.25) is 5.91 Å². The fourth-order valence-corrected chi connectivity index (χ4v) is 2.69. The van der Waals surface area contributed by atoms with Crippen molar-refractivity contribution in [3.8, 4) is 0 Å². The zero-order chi connectivity index (χ0) is 14.1. The Bertz CT molecular complexity index is 285. The van der Waals surface area contributed by atoms with E-state index < -0.39 is 0 Å². The molecule has 0 saturated heterocycles. The van der Waals surface area contributed by atoms with Gasteiger partial charge in [0.15, 0.2) is 0 Å². The maximum atomic E-state index is 12.3. The number of carbonyl (C=O) groups excluding carboxylic acids is 2. The van der Waals surface area contributed by atoms with E-state index in [4.69, 9.17) is 0 Å². The summed E-state index contributed by atoms with van der Waals surface area (Å²) in [6, 6.07) is 0.336. The minimum Gasteiger partial charge on any atom is -0.469 e. The van der Waals surface area contributed by atoms with Gasteiger partial charge in [0.25, 0.3) is 0 Å². The summed E-state index contributed by atoms with van der Waals surface area (Å²) >= 11 is 0. The van der Waals surface area contributed by atoms with Gasteiger partial charge < -0.3 is 9.64 Å². The standard InChI is InChI=1S/C15H27NO3/c1-3-4-10-14(17)16(12-11-15(18)19-2)13-8-6-5-7-9-13/h13H,3-12H2,1-2H3. The fourth-order valence-electron chi connectivity index (χ4n) is 2.69. The molecule has 0 spiro atoms. The van der Waals surface area contributed by atoms with Crippen LogP contribution in [0.3, 0.4) is 0 Å². The maximum Gasteiger partial charge on any atom is 0.307 e. The number of hydrogen-bond acceptors (Lipinski definition) is 3. The van der Waals surface area contributed by atoms with Crippen molar-refractivity contribution in [3.05, 3.63) is 0 Å². The first-order valence-corrected chi connectivity index (χ1v) is 7.55. The number of hydrogen-bond donors (Lipinski definition) is 0. The monoisotopic (exact) mass is 269 g/mol. The topological polar surface area (TPSA) is 46.6 Å². The van der Waals surface area contributed by atoms with Crippen molar-refractivity contribution in [3.63, 3.8) is 0 Å². The quantitative estimate of drug-likeness (QED) is 0.668. The molecular formula is C15H27NO3.